The van der Waals surface area contributed by atoms with Crippen LogP contribution in [0.4, 0.5) is 9.18 Å². The Morgan fingerprint density at radius 1 is 1.15 bits per heavy atom. The molecule has 27 heavy (non-hydrogen) atoms. The van der Waals surface area contributed by atoms with Gasteiger partial charge >= 0.3 is 6.03 Å². The highest BCUT2D eigenvalue weighted by molar-refractivity contribution is 7.89. The third kappa shape index (κ3) is 4.26. The molecule has 8 nitrogen and oxygen atoms in total. The molecule has 144 valence electrons. The van der Waals surface area contributed by atoms with Crippen molar-refractivity contribution in [2.75, 3.05) is 6.54 Å². The van der Waals surface area contributed by atoms with E-state index in [0.29, 0.717) is 17.7 Å². The third-order valence-corrected chi connectivity index (χ3v) is 6.77. The normalized spacial score (nSPS) is 17.4. The summed E-state index contributed by atoms with van der Waals surface area (Å²) in [6.07, 6.45) is 0.0495. The van der Waals surface area contributed by atoms with Crippen molar-refractivity contribution in [3.05, 3.63) is 52.5 Å². The van der Waals surface area contributed by atoms with E-state index in [1.165, 1.54) is 29.5 Å². The third-order valence-electron chi connectivity index (χ3n) is 3.96. The maximum atomic E-state index is 13.9. The number of carbonyl (C=O) groups is 2. The first kappa shape index (κ1) is 19.3. The monoisotopic (exact) mass is 412 g/mol. The van der Waals surface area contributed by atoms with Crippen LogP contribution >= 0.6 is 11.3 Å². The molecule has 0 bridgehead atoms. The maximum Gasteiger partial charge on any atom is 0.334 e. The zero-order valence-corrected chi connectivity index (χ0v) is 15.6. The number of benzene rings is 1. The van der Waals surface area contributed by atoms with Crippen LogP contribution in [0.5, 0.6) is 0 Å². The number of halogens is 1. The quantitative estimate of drug-likeness (QED) is 0.664. The number of nitrogens with one attached hydrogen (secondary N) is 3. The molecule has 1 aromatic heterocycles. The van der Waals surface area contributed by atoms with Gasteiger partial charge in [0.05, 0.1) is 11.0 Å². The van der Waals surface area contributed by atoms with Gasteiger partial charge in [0.25, 0.3) is 5.91 Å². The van der Waals surface area contributed by atoms with Crippen LogP contribution in [-0.4, -0.2) is 37.4 Å². The van der Waals surface area contributed by atoms with Crippen molar-refractivity contribution in [3.8, 4) is 0 Å². The van der Waals surface area contributed by atoms with Gasteiger partial charge in [-0.25, -0.2) is 23.0 Å². The molecule has 1 aliphatic heterocycles. The lowest BCUT2D eigenvalue weighted by molar-refractivity contribution is 0.0939. The van der Waals surface area contributed by atoms with E-state index >= 15 is 0 Å². The molecule has 1 aromatic carbocycles. The van der Waals surface area contributed by atoms with Crippen molar-refractivity contribution < 1.29 is 22.4 Å². The van der Waals surface area contributed by atoms with E-state index in [0.717, 1.165) is 10.4 Å². The van der Waals surface area contributed by atoms with Crippen LogP contribution in [0.3, 0.4) is 0 Å². The Morgan fingerprint density at radius 3 is 2.63 bits per heavy atom. The predicted octanol–water partition coefficient (Wildman–Crippen LogP) is 1.64. The number of carbonyl (C=O) groups excluding carboxylic acids is 2. The van der Waals surface area contributed by atoms with Crippen molar-refractivity contribution in [1.29, 1.82) is 0 Å². The van der Waals surface area contributed by atoms with Crippen molar-refractivity contribution in [1.82, 2.24) is 20.5 Å². The van der Waals surface area contributed by atoms with Gasteiger partial charge in [0, 0.05) is 6.54 Å². The van der Waals surface area contributed by atoms with Crippen molar-refractivity contribution in [3.63, 3.8) is 0 Å². The smallest absolute Gasteiger partial charge is 0.320 e. The van der Waals surface area contributed by atoms with E-state index in [1.807, 2.05) is 0 Å². The van der Waals surface area contributed by atoms with Gasteiger partial charge < -0.3 is 5.32 Å². The molecule has 11 heteroatoms. The average Bonchev–Trinajstić information content (AvgIpc) is 3.32. The number of thiophene rings is 1. The van der Waals surface area contributed by atoms with Crippen molar-refractivity contribution >= 4 is 33.3 Å². The molecule has 2 heterocycles. The first-order valence-electron chi connectivity index (χ1n) is 8.06. The second-order valence-electron chi connectivity index (χ2n) is 5.73. The van der Waals surface area contributed by atoms with Crippen LogP contribution in [0.1, 0.15) is 22.5 Å². The number of rotatable bonds is 4. The molecule has 2 aromatic rings. The fourth-order valence-corrected chi connectivity index (χ4v) is 5.02. The average molecular weight is 412 g/mol. The van der Waals surface area contributed by atoms with Crippen LogP contribution in [0.15, 0.2) is 46.7 Å². The predicted molar refractivity (Wildman–Crippen MR) is 96.8 cm³/mol. The molecular formula is C16H17FN4O4S2. The minimum atomic E-state index is -4.10. The van der Waals surface area contributed by atoms with E-state index in [-0.39, 0.29) is 6.54 Å². The number of sulfonamides is 1. The fraction of sp³-hybridized carbons (Fsp3) is 0.250. The van der Waals surface area contributed by atoms with Gasteiger partial charge in [-0.2, -0.15) is 4.31 Å². The minimum Gasteiger partial charge on any atom is -0.320 e. The van der Waals surface area contributed by atoms with Gasteiger partial charge in [0.1, 0.15) is 10.7 Å². The van der Waals surface area contributed by atoms with E-state index in [1.54, 1.807) is 17.5 Å². The first-order chi connectivity index (χ1) is 12.9. The first-order valence-corrected chi connectivity index (χ1v) is 10.4. The number of nitrogens with zero attached hydrogens (tertiary/aromatic N) is 1. The van der Waals surface area contributed by atoms with Crippen molar-refractivity contribution in [2.24, 2.45) is 0 Å². The lowest BCUT2D eigenvalue weighted by Gasteiger charge is -2.25. The molecule has 1 fully saturated rings. The lowest BCUT2D eigenvalue weighted by atomic mass is 10.3. The minimum absolute atomic E-state index is 0.156. The molecule has 1 atom stereocenters. The zero-order valence-electron chi connectivity index (χ0n) is 14.0. The molecule has 0 unspecified atom stereocenters. The Balaban J connectivity index is 1.63. The number of hydrazine groups is 1. The Bertz CT molecular complexity index is 934. The SMILES string of the molecule is O=C(NNC(=O)c1cccs1)N[C@H]1CCCN1S(=O)(=O)c1ccccc1F. The van der Waals surface area contributed by atoms with E-state index < -0.39 is 38.8 Å². The molecule has 3 amide bonds. The van der Waals surface area contributed by atoms with Gasteiger partial charge in [-0.15, -0.1) is 11.3 Å². The van der Waals surface area contributed by atoms with Crippen LogP contribution in [0.25, 0.3) is 0 Å². The number of amides is 3. The van der Waals surface area contributed by atoms with Crippen molar-refractivity contribution in [2.45, 2.75) is 23.9 Å². The summed E-state index contributed by atoms with van der Waals surface area (Å²) in [5.41, 5.74) is 4.42. The molecule has 3 rings (SSSR count). The van der Waals surface area contributed by atoms with Crippen LogP contribution in [-0.2, 0) is 10.0 Å². The standard InChI is InChI=1S/C16H17FN4O4S2/c17-11-5-1-2-7-13(11)27(24,25)21-9-3-8-14(21)18-16(23)20-19-15(22)12-6-4-10-26-12/h1-2,4-7,10,14H,3,8-9H2,(H,19,22)(H2,18,20,23)/t14-/m1/s1. The summed E-state index contributed by atoms with van der Waals surface area (Å²) in [6.45, 7) is 0.156. The number of urea groups is 1. The molecule has 3 N–H and O–H groups in total. The largest absolute Gasteiger partial charge is 0.334 e. The highest BCUT2D eigenvalue weighted by atomic mass is 32.2. The second-order valence-corrected chi connectivity index (χ2v) is 8.54. The maximum absolute atomic E-state index is 13.9. The summed E-state index contributed by atoms with van der Waals surface area (Å²) >= 11 is 1.21. The Kier molecular flexibility index (Phi) is 5.73. The van der Waals surface area contributed by atoms with Gasteiger partial charge in [-0.1, -0.05) is 18.2 Å². The summed E-state index contributed by atoms with van der Waals surface area (Å²) < 4.78 is 40.4. The second kappa shape index (κ2) is 8.03. The summed E-state index contributed by atoms with van der Waals surface area (Å²) in [4.78, 5) is 23.8. The van der Waals surface area contributed by atoms with Gasteiger partial charge in [-0.05, 0) is 36.4 Å². The molecule has 0 spiro atoms. The summed E-state index contributed by atoms with van der Waals surface area (Å²) in [5.74, 6) is -1.33. The summed E-state index contributed by atoms with van der Waals surface area (Å²) in [5, 5.41) is 4.21. The number of hydrogen-bond donors (Lipinski definition) is 3. The van der Waals surface area contributed by atoms with E-state index in [9.17, 15) is 22.4 Å². The van der Waals surface area contributed by atoms with Crippen LogP contribution in [0.2, 0.25) is 0 Å². The van der Waals surface area contributed by atoms with Gasteiger partial charge in [0.2, 0.25) is 10.0 Å². The van der Waals surface area contributed by atoms with Gasteiger partial charge in [0.15, 0.2) is 0 Å². The highest BCUT2D eigenvalue weighted by Crippen LogP contribution is 2.26. The molecule has 0 radical (unpaired) electrons. The van der Waals surface area contributed by atoms with Gasteiger partial charge in [-0.3, -0.25) is 10.2 Å². The highest BCUT2D eigenvalue weighted by Gasteiger charge is 2.37. The Morgan fingerprint density at radius 2 is 1.93 bits per heavy atom. The molecular weight excluding hydrogens is 395 g/mol. The van der Waals surface area contributed by atoms with Crippen LogP contribution in [0, 0.1) is 5.82 Å². The molecule has 0 saturated carbocycles. The van der Waals surface area contributed by atoms with E-state index in [4.69, 9.17) is 0 Å². The fourth-order valence-electron chi connectivity index (χ4n) is 2.72. The Hall–Kier alpha value is -2.50. The Labute approximate surface area is 159 Å². The molecule has 0 aliphatic carbocycles. The lowest BCUT2D eigenvalue weighted by Crippen LogP contribution is -2.54. The summed E-state index contributed by atoms with van der Waals surface area (Å²) in [6, 6.07) is 7.61. The van der Waals surface area contributed by atoms with Crippen LogP contribution < -0.4 is 16.2 Å². The number of hydrogen-bond acceptors (Lipinski definition) is 5. The van der Waals surface area contributed by atoms with E-state index in [2.05, 4.69) is 16.2 Å². The summed E-state index contributed by atoms with van der Waals surface area (Å²) in [7, 11) is -4.10. The molecule has 1 aliphatic rings. The topological polar surface area (TPSA) is 108 Å². The molecule has 1 saturated heterocycles. The zero-order chi connectivity index (χ0) is 19.4.